The lowest BCUT2D eigenvalue weighted by Gasteiger charge is -2.41. The van der Waals surface area contributed by atoms with Crippen molar-refractivity contribution >= 4 is 9.84 Å². The molecule has 2 aliphatic rings. The monoisotopic (exact) mass is 261 g/mol. The van der Waals surface area contributed by atoms with E-state index in [1.807, 2.05) is 0 Å². The number of ether oxygens (including phenoxy) is 1. The first-order chi connectivity index (χ1) is 7.89. The van der Waals surface area contributed by atoms with Gasteiger partial charge in [0, 0.05) is 12.0 Å². The van der Waals surface area contributed by atoms with E-state index in [2.05, 4.69) is 18.9 Å². The lowest BCUT2D eigenvalue weighted by Crippen LogP contribution is -2.48. The number of nitrogens with zero attached hydrogens (tertiary/aromatic N) is 1. The van der Waals surface area contributed by atoms with Crippen molar-refractivity contribution in [1.29, 1.82) is 0 Å². The van der Waals surface area contributed by atoms with Gasteiger partial charge in [0.25, 0.3) is 0 Å². The molecule has 0 N–H and O–H groups in total. The van der Waals surface area contributed by atoms with E-state index in [4.69, 9.17) is 4.74 Å². The van der Waals surface area contributed by atoms with Gasteiger partial charge in [-0.25, -0.2) is 8.42 Å². The molecule has 0 saturated carbocycles. The molecule has 0 aliphatic carbocycles. The SMILES string of the molecule is CN(CCC1CCS(=O)(=O)C1)CC1(C)COC1. The molecular weight excluding hydrogens is 238 g/mol. The van der Waals surface area contributed by atoms with Crippen LogP contribution in [0.15, 0.2) is 0 Å². The largest absolute Gasteiger partial charge is 0.380 e. The van der Waals surface area contributed by atoms with Crippen LogP contribution in [-0.4, -0.2) is 58.2 Å². The van der Waals surface area contributed by atoms with Crippen LogP contribution >= 0.6 is 0 Å². The molecule has 2 heterocycles. The van der Waals surface area contributed by atoms with Crippen LogP contribution in [0, 0.1) is 11.3 Å². The summed E-state index contributed by atoms with van der Waals surface area (Å²) in [5.74, 6) is 1.18. The van der Waals surface area contributed by atoms with Gasteiger partial charge in [0.15, 0.2) is 9.84 Å². The predicted molar refractivity (Wildman–Crippen MR) is 67.8 cm³/mol. The lowest BCUT2D eigenvalue weighted by molar-refractivity contribution is -0.112. The van der Waals surface area contributed by atoms with E-state index in [0.29, 0.717) is 22.8 Å². The second-order valence-corrected chi connectivity index (χ2v) is 8.33. The first-order valence-corrected chi connectivity index (χ1v) is 8.17. The van der Waals surface area contributed by atoms with Crippen LogP contribution in [0.5, 0.6) is 0 Å². The average molecular weight is 261 g/mol. The molecule has 0 aromatic heterocycles. The zero-order valence-corrected chi connectivity index (χ0v) is 11.6. The summed E-state index contributed by atoms with van der Waals surface area (Å²) in [7, 11) is -0.592. The summed E-state index contributed by atoms with van der Waals surface area (Å²) in [6.45, 7) is 6.00. The Morgan fingerprint density at radius 3 is 2.59 bits per heavy atom. The number of rotatable bonds is 5. The Kier molecular flexibility index (Phi) is 3.80. The molecule has 2 aliphatic heterocycles. The van der Waals surface area contributed by atoms with E-state index < -0.39 is 9.84 Å². The summed E-state index contributed by atoms with van der Waals surface area (Å²) < 4.78 is 27.9. The second-order valence-electron chi connectivity index (χ2n) is 6.10. The Morgan fingerprint density at radius 2 is 2.12 bits per heavy atom. The minimum absolute atomic E-state index is 0.316. The molecule has 0 spiro atoms. The first-order valence-electron chi connectivity index (χ1n) is 6.35. The summed E-state index contributed by atoms with van der Waals surface area (Å²) in [6.07, 6.45) is 1.86. The van der Waals surface area contributed by atoms with Gasteiger partial charge in [0.05, 0.1) is 24.7 Å². The Balaban J connectivity index is 1.68. The van der Waals surface area contributed by atoms with Gasteiger partial charge in [-0.15, -0.1) is 0 Å². The summed E-state index contributed by atoms with van der Waals surface area (Å²) in [6, 6.07) is 0. The van der Waals surface area contributed by atoms with Crippen LogP contribution in [0.2, 0.25) is 0 Å². The molecule has 0 aromatic rings. The van der Waals surface area contributed by atoms with Gasteiger partial charge in [0.2, 0.25) is 0 Å². The molecule has 0 radical (unpaired) electrons. The van der Waals surface area contributed by atoms with E-state index in [1.165, 1.54) is 0 Å². The van der Waals surface area contributed by atoms with Crippen molar-refractivity contribution in [3.8, 4) is 0 Å². The smallest absolute Gasteiger partial charge is 0.150 e. The maximum Gasteiger partial charge on any atom is 0.150 e. The number of hydrogen-bond acceptors (Lipinski definition) is 4. The Morgan fingerprint density at radius 1 is 1.41 bits per heavy atom. The van der Waals surface area contributed by atoms with Gasteiger partial charge in [-0.05, 0) is 32.4 Å². The quantitative estimate of drug-likeness (QED) is 0.734. The maximum absolute atomic E-state index is 11.3. The van der Waals surface area contributed by atoms with Crippen LogP contribution in [0.25, 0.3) is 0 Å². The summed E-state index contributed by atoms with van der Waals surface area (Å²) in [4.78, 5) is 2.31. The topological polar surface area (TPSA) is 46.6 Å². The van der Waals surface area contributed by atoms with Crippen molar-refractivity contribution in [3.63, 3.8) is 0 Å². The van der Waals surface area contributed by atoms with Crippen molar-refractivity contribution < 1.29 is 13.2 Å². The maximum atomic E-state index is 11.3. The Hall–Kier alpha value is -0.130. The third-order valence-electron chi connectivity index (χ3n) is 3.80. The lowest BCUT2D eigenvalue weighted by atomic mass is 9.88. The van der Waals surface area contributed by atoms with Gasteiger partial charge in [-0.1, -0.05) is 6.92 Å². The fourth-order valence-electron chi connectivity index (χ4n) is 2.78. The molecule has 1 atom stereocenters. The van der Waals surface area contributed by atoms with Crippen molar-refractivity contribution in [2.45, 2.75) is 19.8 Å². The molecule has 2 fully saturated rings. The number of hydrogen-bond donors (Lipinski definition) is 0. The second kappa shape index (κ2) is 4.86. The third kappa shape index (κ3) is 3.66. The van der Waals surface area contributed by atoms with Crippen LogP contribution < -0.4 is 0 Å². The van der Waals surface area contributed by atoms with Gasteiger partial charge in [-0.2, -0.15) is 0 Å². The molecule has 4 nitrogen and oxygen atoms in total. The fourth-order valence-corrected chi connectivity index (χ4v) is 4.69. The highest BCUT2D eigenvalue weighted by Gasteiger charge is 2.34. The third-order valence-corrected chi connectivity index (χ3v) is 5.64. The minimum Gasteiger partial charge on any atom is -0.380 e. The van der Waals surface area contributed by atoms with E-state index in [0.717, 1.165) is 39.1 Å². The van der Waals surface area contributed by atoms with E-state index in [9.17, 15) is 8.42 Å². The molecule has 0 bridgehead atoms. The van der Waals surface area contributed by atoms with Gasteiger partial charge >= 0.3 is 0 Å². The molecule has 0 aromatic carbocycles. The first kappa shape index (κ1) is 13.3. The molecule has 2 saturated heterocycles. The Bertz CT molecular complexity index is 362. The van der Waals surface area contributed by atoms with Gasteiger partial charge in [-0.3, -0.25) is 0 Å². The van der Waals surface area contributed by atoms with Gasteiger partial charge < -0.3 is 9.64 Å². The highest BCUT2D eigenvalue weighted by molar-refractivity contribution is 7.91. The molecule has 17 heavy (non-hydrogen) atoms. The van der Waals surface area contributed by atoms with Crippen molar-refractivity contribution in [3.05, 3.63) is 0 Å². The van der Waals surface area contributed by atoms with Crippen LogP contribution in [0.3, 0.4) is 0 Å². The molecule has 0 amide bonds. The summed E-state index contributed by atoms with van der Waals surface area (Å²) in [5, 5.41) is 0. The highest BCUT2D eigenvalue weighted by atomic mass is 32.2. The van der Waals surface area contributed by atoms with Crippen molar-refractivity contribution in [2.75, 3.05) is 44.9 Å². The number of sulfone groups is 1. The van der Waals surface area contributed by atoms with E-state index in [-0.39, 0.29) is 0 Å². The zero-order chi connectivity index (χ0) is 12.5. The molecule has 2 rings (SSSR count). The molecule has 1 unspecified atom stereocenters. The van der Waals surface area contributed by atoms with Crippen LogP contribution in [-0.2, 0) is 14.6 Å². The molecular formula is C12H23NO3S. The summed E-state index contributed by atoms with van der Waals surface area (Å²) in [5.41, 5.74) is 0.316. The minimum atomic E-state index is -2.71. The molecule has 5 heteroatoms. The fraction of sp³-hybridized carbons (Fsp3) is 1.00. The standard InChI is InChI=1S/C12H23NO3S/c1-12(9-16-10-12)8-13(2)5-3-11-4-6-17(14,15)7-11/h11H,3-10H2,1-2H3. The predicted octanol–water partition coefficient (Wildman–Crippen LogP) is 0.779. The van der Waals surface area contributed by atoms with Crippen molar-refractivity contribution in [2.24, 2.45) is 11.3 Å². The molecule has 100 valence electrons. The van der Waals surface area contributed by atoms with Crippen molar-refractivity contribution in [1.82, 2.24) is 4.90 Å². The van der Waals surface area contributed by atoms with Crippen LogP contribution in [0.1, 0.15) is 19.8 Å². The highest BCUT2D eigenvalue weighted by Crippen LogP contribution is 2.28. The van der Waals surface area contributed by atoms with E-state index >= 15 is 0 Å². The average Bonchev–Trinajstić information content (AvgIpc) is 2.53. The zero-order valence-electron chi connectivity index (χ0n) is 10.8. The van der Waals surface area contributed by atoms with E-state index in [1.54, 1.807) is 0 Å². The van der Waals surface area contributed by atoms with Gasteiger partial charge in [0.1, 0.15) is 0 Å². The Labute approximate surface area is 104 Å². The van der Waals surface area contributed by atoms with Crippen LogP contribution in [0.4, 0.5) is 0 Å². The summed E-state index contributed by atoms with van der Waals surface area (Å²) >= 11 is 0. The normalized spacial score (nSPS) is 30.4.